The average Bonchev–Trinajstić information content (AvgIpc) is 2.82. The van der Waals surface area contributed by atoms with Gasteiger partial charge in [0, 0.05) is 6.04 Å². The lowest BCUT2D eigenvalue weighted by molar-refractivity contribution is 0.522. The molecule has 1 aliphatic heterocycles. The minimum absolute atomic E-state index is 0.609. The standard InChI is InChI=1S/C15H18N2/c1-2-4-12-10(3-1)5-6-13-14(15(12)13)7-11-8-16-9-17-11/h1-4,9,11,13-15H,5-8H2,(H,16,17)/t11-,13-,14?,15+/m1/s1. The summed E-state index contributed by atoms with van der Waals surface area (Å²) in [5, 5.41) is 3.37. The number of aryl methyl sites for hydroxylation is 1. The van der Waals surface area contributed by atoms with E-state index >= 15 is 0 Å². The Kier molecular flexibility index (Phi) is 2.05. The Morgan fingerprint density at radius 1 is 1.29 bits per heavy atom. The monoisotopic (exact) mass is 226 g/mol. The molecule has 17 heavy (non-hydrogen) atoms. The van der Waals surface area contributed by atoms with Crippen LogP contribution in [0, 0.1) is 11.8 Å². The van der Waals surface area contributed by atoms with E-state index in [0.717, 1.165) is 24.3 Å². The Bertz CT molecular complexity index is 458. The lowest BCUT2D eigenvalue weighted by Gasteiger charge is -2.13. The second-order valence-corrected chi connectivity index (χ2v) is 5.68. The van der Waals surface area contributed by atoms with E-state index in [4.69, 9.17) is 0 Å². The van der Waals surface area contributed by atoms with Crippen molar-refractivity contribution in [3.63, 3.8) is 0 Å². The van der Waals surface area contributed by atoms with Gasteiger partial charge in [0.1, 0.15) is 0 Å². The lowest BCUT2D eigenvalue weighted by atomic mass is 9.92. The van der Waals surface area contributed by atoms with Gasteiger partial charge in [-0.2, -0.15) is 0 Å². The van der Waals surface area contributed by atoms with E-state index in [2.05, 4.69) is 34.6 Å². The summed E-state index contributed by atoms with van der Waals surface area (Å²) >= 11 is 0. The van der Waals surface area contributed by atoms with Gasteiger partial charge in [-0.25, -0.2) is 0 Å². The summed E-state index contributed by atoms with van der Waals surface area (Å²) in [5.74, 6) is 2.74. The smallest absolute Gasteiger partial charge is 0.0827 e. The number of rotatable bonds is 2. The first-order valence-corrected chi connectivity index (χ1v) is 6.75. The van der Waals surface area contributed by atoms with Gasteiger partial charge in [-0.05, 0) is 48.1 Å². The fraction of sp³-hybridized carbons (Fsp3) is 0.533. The summed E-state index contributed by atoms with van der Waals surface area (Å²) in [6.07, 6.45) is 5.89. The van der Waals surface area contributed by atoms with Gasteiger partial charge >= 0.3 is 0 Å². The Morgan fingerprint density at radius 2 is 2.24 bits per heavy atom. The van der Waals surface area contributed by atoms with E-state index in [1.807, 2.05) is 6.34 Å². The quantitative estimate of drug-likeness (QED) is 0.822. The summed E-state index contributed by atoms with van der Waals surface area (Å²) in [6.45, 7) is 0.984. The van der Waals surface area contributed by atoms with Gasteiger partial charge in [-0.15, -0.1) is 0 Å². The number of benzene rings is 1. The van der Waals surface area contributed by atoms with Crippen molar-refractivity contribution in [1.82, 2.24) is 5.32 Å². The highest BCUT2D eigenvalue weighted by Gasteiger charge is 2.53. The molecule has 0 spiro atoms. The maximum absolute atomic E-state index is 4.27. The molecule has 1 N–H and O–H groups in total. The van der Waals surface area contributed by atoms with Crippen LogP contribution in [0.1, 0.15) is 29.9 Å². The van der Waals surface area contributed by atoms with Gasteiger partial charge in [0.15, 0.2) is 0 Å². The Balaban J connectivity index is 1.52. The van der Waals surface area contributed by atoms with Gasteiger partial charge in [0.25, 0.3) is 0 Å². The molecule has 1 aromatic rings. The van der Waals surface area contributed by atoms with Gasteiger partial charge in [-0.1, -0.05) is 24.3 Å². The highest BCUT2D eigenvalue weighted by Crippen LogP contribution is 2.61. The van der Waals surface area contributed by atoms with Crippen LogP contribution >= 0.6 is 0 Å². The van der Waals surface area contributed by atoms with Gasteiger partial charge in [0.2, 0.25) is 0 Å². The Labute approximate surface area is 102 Å². The van der Waals surface area contributed by atoms with Crippen LogP contribution in [0.4, 0.5) is 0 Å². The van der Waals surface area contributed by atoms with Crippen LogP contribution in [0.3, 0.4) is 0 Å². The number of nitrogens with zero attached hydrogens (tertiary/aromatic N) is 1. The van der Waals surface area contributed by atoms with Crippen molar-refractivity contribution >= 4 is 6.34 Å². The van der Waals surface area contributed by atoms with Gasteiger partial charge < -0.3 is 5.32 Å². The summed E-state index contributed by atoms with van der Waals surface area (Å²) in [6, 6.07) is 9.66. The van der Waals surface area contributed by atoms with E-state index in [1.165, 1.54) is 19.3 Å². The van der Waals surface area contributed by atoms with E-state index < -0.39 is 0 Å². The first-order chi connectivity index (χ1) is 8.43. The lowest BCUT2D eigenvalue weighted by Crippen LogP contribution is -2.25. The molecular formula is C15H18N2. The van der Waals surface area contributed by atoms with E-state index in [-0.39, 0.29) is 0 Å². The molecule has 1 aromatic carbocycles. The summed E-state index contributed by atoms with van der Waals surface area (Å²) < 4.78 is 0. The number of aliphatic imine (C=N–C) groups is 1. The number of hydrogen-bond acceptors (Lipinski definition) is 2. The number of hydrogen-bond donors (Lipinski definition) is 1. The molecule has 0 bridgehead atoms. The zero-order valence-corrected chi connectivity index (χ0v) is 9.97. The minimum atomic E-state index is 0.609. The molecule has 2 nitrogen and oxygen atoms in total. The Morgan fingerprint density at radius 3 is 3.12 bits per heavy atom. The van der Waals surface area contributed by atoms with E-state index in [1.54, 1.807) is 11.1 Å². The molecule has 4 atom stereocenters. The molecule has 88 valence electrons. The van der Waals surface area contributed by atoms with Crippen molar-refractivity contribution in [2.24, 2.45) is 16.8 Å². The fourth-order valence-electron chi connectivity index (χ4n) is 3.89. The van der Waals surface area contributed by atoms with E-state index in [0.29, 0.717) is 6.04 Å². The third kappa shape index (κ3) is 1.50. The van der Waals surface area contributed by atoms with Crippen molar-refractivity contribution in [2.75, 3.05) is 6.54 Å². The van der Waals surface area contributed by atoms with Crippen molar-refractivity contribution in [3.05, 3.63) is 35.4 Å². The molecule has 4 rings (SSSR count). The molecule has 0 aromatic heterocycles. The minimum Gasteiger partial charge on any atom is -0.372 e. The van der Waals surface area contributed by atoms with Crippen LogP contribution in [0.25, 0.3) is 0 Å². The molecule has 2 aliphatic carbocycles. The summed E-state index contributed by atoms with van der Waals surface area (Å²) in [5.41, 5.74) is 3.25. The van der Waals surface area contributed by atoms with Crippen LogP contribution in [0.2, 0.25) is 0 Å². The van der Waals surface area contributed by atoms with Crippen molar-refractivity contribution < 1.29 is 0 Å². The van der Waals surface area contributed by atoms with Crippen LogP contribution in [-0.2, 0) is 6.42 Å². The highest BCUT2D eigenvalue weighted by atomic mass is 15.1. The van der Waals surface area contributed by atoms with Crippen LogP contribution in [0.5, 0.6) is 0 Å². The number of nitrogens with one attached hydrogen (secondary N) is 1. The average molecular weight is 226 g/mol. The fourth-order valence-corrected chi connectivity index (χ4v) is 3.89. The molecular weight excluding hydrogens is 208 g/mol. The normalized spacial score (nSPS) is 37.2. The summed E-state index contributed by atoms with van der Waals surface area (Å²) in [4.78, 5) is 4.27. The zero-order valence-electron chi connectivity index (χ0n) is 9.97. The van der Waals surface area contributed by atoms with Crippen LogP contribution < -0.4 is 5.32 Å². The predicted octanol–water partition coefficient (Wildman–Crippen LogP) is 2.35. The molecule has 3 aliphatic rings. The maximum Gasteiger partial charge on any atom is 0.0827 e. The molecule has 1 heterocycles. The largest absolute Gasteiger partial charge is 0.372 e. The van der Waals surface area contributed by atoms with Crippen molar-refractivity contribution in [1.29, 1.82) is 0 Å². The SMILES string of the molecule is C1=NC[C@@H](CC2[C@H]3CCc4ccccc4[C@H]23)N1. The van der Waals surface area contributed by atoms with Crippen molar-refractivity contribution in [3.8, 4) is 0 Å². The van der Waals surface area contributed by atoms with E-state index in [9.17, 15) is 0 Å². The second kappa shape index (κ2) is 3.59. The molecule has 0 saturated heterocycles. The molecule has 2 heteroatoms. The van der Waals surface area contributed by atoms with Gasteiger partial charge in [0.05, 0.1) is 12.9 Å². The van der Waals surface area contributed by atoms with Crippen LogP contribution in [0.15, 0.2) is 29.3 Å². The summed E-state index contributed by atoms with van der Waals surface area (Å²) in [7, 11) is 0. The first-order valence-electron chi connectivity index (χ1n) is 6.75. The molecule has 1 unspecified atom stereocenters. The maximum atomic E-state index is 4.27. The molecule has 1 saturated carbocycles. The zero-order chi connectivity index (χ0) is 11.2. The predicted molar refractivity (Wildman–Crippen MR) is 69.4 cm³/mol. The Hall–Kier alpha value is -1.31. The van der Waals surface area contributed by atoms with Gasteiger partial charge in [-0.3, -0.25) is 4.99 Å². The molecule has 0 radical (unpaired) electrons. The second-order valence-electron chi connectivity index (χ2n) is 5.68. The number of fused-ring (bicyclic) bond motifs is 3. The molecule has 0 amide bonds. The third-order valence-corrected chi connectivity index (χ3v) is 4.78. The topological polar surface area (TPSA) is 24.4 Å². The third-order valence-electron chi connectivity index (χ3n) is 4.78. The van der Waals surface area contributed by atoms with Crippen LogP contribution in [-0.4, -0.2) is 18.9 Å². The van der Waals surface area contributed by atoms with Crippen molar-refractivity contribution in [2.45, 2.75) is 31.2 Å². The molecule has 1 fully saturated rings. The highest BCUT2D eigenvalue weighted by molar-refractivity contribution is 5.57. The first kappa shape index (κ1) is 9.69.